The Morgan fingerprint density at radius 2 is 2.00 bits per heavy atom. The molecule has 124 valence electrons. The van der Waals surface area contributed by atoms with E-state index < -0.39 is 0 Å². The molecule has 1 aliphatic rings. The SMILES string of the molecule is CCn1c(SC(C)c2nc(N)nc(N(C)C)n2)nnc1C1CC1. The van der Waals surface area contributed by atoms with Crippen LogP contribution in [0.25, 0.3) is 0 Å². The highest BCUT2D eigenvalue weighted by Gasteiger charge is 2.30. The number of thioether (sulfide) groups is 1. The number of nitrogen functional groups attached to an aromatic ring is 1. The van der Waals surface area contributed by atoms with Gasteiger partial charge in [0.25, 0.3) is 0 Å². The summed E-state index contributed by atoms with van der Waals surface area (Å²) in [5, 5.41) is 9.65. The van der Waals surface area contributed by atoms with Gasteiger partial charge in [-0.05, 0) is 26.7 Å². The summed E-state index contributed by atoms with van der Waals surface area (Å²) in [5.74, 6) is 3.15. The van der Waals surface area contributed by atoms with Gasteiger partial charge in [0.2, 0.25) is 11.9 Å². The minimum atomic E-state index is 0.0144. The van der Waals surface area contributed by atoms with Crippen molar-refractivity contribution in [3.05, 3.63) is 11.6 Å². The number of hydrogen-bond acceptors (Lipinski definition) is 8. The molecule has 0 radical (unpaired) electrons. The fourth-order valence-corrected chi connectivity index (χ4v) is 3.28. The molecule has 1 aliphatic carbocycles. The average molecular weight is 334 g/mol. The van der Waals surface area contributed by atoms with E-state index in [0.717, 1.165) is 17.5 Å². The molecular formula is C14H22N8S. The van der Waals surface area contributed by atoms with Gasteiger partial charge in [-0.1, -0.05) is 11.8 Å². The van der Waals surface area contributed by atoms with E-state index in [0.29, 0.717) is 17.7 Å². The molecule has 0 aliphatic heterocycles. The van der Waals surface area contributed by atoms with Crippen LogP contribution in [0.15, 0.2) is 5.16 Å². The zero-order valence-electron chi connectivity index (χ0n) is 13.9. The summed E-state index contributed by atoms with van der Waals surface area (Å²) in [5.41, 5.74) is 5.81. The lowest BCUT2D eigenvalue weighted by molar-refractivity contribution is 0.642. The van der Waals surface area contributed by atoms with Crippen molar-refractivity contribution in [2.24, 2.45) is 0 Å². The zero-order chi connectivity index (χ0) is 16.6. The molecule has 2 aromatic rings. The summed E-state index contributed by atoms with van der Waals surface area (Å²) in [7, 11) is 3.76. The molecule has 1 atom stereocenters. The monoisotopic (exact) mass is 334 g/mol. The second kappa shape index (κ2) is 6.31. The van der Waals surface area contributed by atoms with Crippen LogP contribution in [0.2, 0.25) is 0 Å². The van der Waals surface area contributed by atoms with Gasteiger partial charge in [0.05, 0.1) is 5.25 Å². The van der Waals surface area contributed by atoms with E-state index in [4.69, 9.17) is 5.73 Å². The predicted molar refractivity (Wildman–Crippen MR) is 90.5 cm³/mol. The normalized spacial score (nSPS) is 15.7. The first-order valence-corrected chi connectivity index (χ1v) is 8.66. The average Bonchev–Trinajstić information content (AvgIpc) is 3.28. The Balaban J connectivity index is 1.83. The number of rotatable bonds is 6. The third-order valence-electron chi connectivity index (χ3n) is 3.71. The first-order valence-electron chi connectivity index (χ1n) is 7.78. The largest absolute Gasteiger partial charge is 0.368 e. The van der Waals surface area contributed by atoms with Crippen molar-refractivity contribution >= 4 is 23.7 Å². The van der Waals surface area contributed by atoms with Gasteiger partial charge in [0.15, 0.2) is 5.16 Å². The fraction of sp³-hybridized carbons (Fsp3) is 0.643. The molecule has 0 spiro atoms. The van der Waals surface area contributed by atoms with E-state index in [1.807, 2.05) is 25.9 Å². The third kappa shape index (κ3) is 3.39. The third-order valence-corrected chi connectivity index (χ3v) is 4.79. The van der Waals surface area contributed by atoms with Gasteiger partial charge < -0.3 is 15.2 Å². The molecule has 23 heavy (non-hydrogen) atoms. The molecule has 0 saturated heterocycles. The van der Waals surface area contributed by atoms with Crippen LogP contribution in [-0.4, -0.2) is 43.8 Å². The number of nitrogens with two attached hydrogens (primary N) is 1. The second-order valence-corrected chi connectivity index (χ2v) is 7.17. The Kier molecular flexibility index (Phi) is 4.38. The van der Waals surface area contributed by atoms with Crippen LogP contribution in [-0.2, 0) is 6.54 Å². The van der Waals surface area contributed by atoms with Crippen LogP contribution in [0.1, 0.15) is 49.5 Å². The Bertz CT molecular complexity index is 694. The molecule has 0 aromatic carbocycles. The quantitative estimate of drug-likeness (QED) is 0.799. The number of anilines is 2. The topological polar surface area (TPSA) is 98.6 Å². The maximum Gasteiger partial charge on any atom is 0.229 e. The van der Waals surface area contributed by atoms with Gasteiger partial charge in [-0.3, -0.25) is 0 Å². The molecule has 1 saturated carbocycles. The van der Waals surface area contributed by atoms with E-state index in [1.54, 1.807) is 11.8 Å². The lowest BCUT2D eigenvalue weighted by Crippen LogP contribution is -2.16. The molecule has 1 fully saturated rings. The molecule has 2 N–H and O–H groups in total. The molecular weight excluding hydrogens is 312 g/mol. The van der Waals surface area contributed by atoms with Crippen molar-refractivity contribution in [2.45, 2.75) is 49.6 Å². The van der Waals surface area contributed by atoms with Gasteiger partial charge in [-0.25, -0.2) is 0 Å². The van der Waals surface area contributed by atoms with Crippen molar-refractivity contribution < 1.29 is 0 Å². The summed E-state index contributed by atoms with van der Waals surface area (Å²) in [6, 6.07) is 0. The highest BCUT2D eigenvalue weighted by atomic mass is 32.2. The lowest BCUT2D eigenvalue weighted by atomic mass is 10.4. The van der Waals surface area contributed by atoms with Gasteiger partial charge in [0.1, 0.15) is 11.6 Å². The maximum atomic E-state index is 5.81. The molecule has 3 rings (SSSR count). The number of hydrogen-bond donors (Lipinski definition) is 1. The number of nitrogens with zero attached hydrogens (tertiary/aromatic N) is 7. The van der Waals surface area contributed by atoms with E-state index in [2.05, 4.69) is 36.6 Å². The number of aromatic nitrogens is 6. The van der Waals surface area contributed by atoms with E-state index >= 15 is 0 Å². The Hall–Kier alpha value is -1.90. The van der Waals surface area contributed by atoms with E-state index in [9.17, 15) is 0 Å². The first-order chi connectivity index (χ1) is 11.0. The molecule has 1 unspecified atom stereocenters. The van der Waals surface area contributed by atoms with Crippen LogP contribution in [0, 0.1) is 0 Å². The van der Waals surface area contributed by atoms with Crippen LogP contribution < -0.4 is 10.6 Å². The predicted octanol–water partition coefficient (Wildman–Crippen LogP) is 1.86. The highest BCUT2D eigenvalue weighted by Crippen LogP contribution is 2.41. The van der Waals surface area contributed by atoms with Crippen LogP contribution >= 0.6 is 11.8 Å². The van der Waals surface area contributed by atoms with Crippen LogP contribution in [0.3, 0.4) is 0 Å². The Morgan fingerprint density at radius 3 is 2.61 bits per heavy atom. The lowest BCUT2D eigenvalue weighted by Gasteiger charge is -2.15. The summed E-state index contributed by atoms with van der Waals surface area (Å²) in [6.45, 7) is 5.04. The Labute approximate surface area is 139 Å². The summed E-state index contributed by atoms with van der Waals surface area (Å²) in [4.78, 5) is 14.7. The van der Waals surface area contributed by atoms with Crippen molar-refractivity contribution in [3.63, 3.8) is 0 Å². The smallest absolute Gasteiger partial charge is 0.229 e. The van der Waals surface area contributed by atoms with Crippen molar-refractivity contribution in [1.82, 2.24) is 29.7 Å². The van der Waals surface area contributed by atoms with Crippen molar-refractivity contribution in [1.29, 1.82) is 0 Å². The molecule has 8 nitrogen and oxygen atoms in total. The first kappa shape index (κ1) is 16.0. The van der Waals surface area contributed by atoms with Gasteiger partial charge in [0, 0.05) is 26.6 Å². The minimum Gasteiger partial charge on any atom is -0.368 e. The second-order valence-electron chi connectivity index (χ2n) is 5.87. The molecule has 9 heteroatoms. The van der Waals surface area contributed by atoms with E-state index in [1.165, 1.54) is 12.8 Å². The van der Waals surface area contributed by atoms with Gasteiger partial charge in [-0.15, -0.1) is 10.2 Å². The van der Waals surface area contributed by atoms with Crippen LogP contribution in [0.5, 0.6) is 0 Å². The van der Waals surface area contributed by atoms with Crippen molar-refractivity contribution in [3.8, 4) is 0 Å². The van der Waals surface area contributed by atoms with Crippen molar-refractivity contribution in [2.75, 3.05) is 24.7 Å². The van der Waals surface area contributed by atoms with Crippen LogP contribution in [0.4, 0.5) is 11.9 Å². The molecule has 2 aromatic heterocycles. The standard InChI is InChI=1S/C14H22N8S/c1-5-22-11(9-6-7-9)19-20-14(22)23-8(2)10-16-12(15)18-13(17-10)21(3)4/h8-9H,5-7H2,1-4H3,(H2,15,16,17,18). The van der Waals surface area contributed by atoms with Gasteiger partial charge >= 0.3 is 0 Å². The fourth-order valence-electron chi connectivity index (χ4n) is 2.32. The summed E-state index contributed by atoms with van der Waals surface area (Å²) in [6.07, 6.45) is 2.43. The maximum absolute atomic E-state index is 5.81. The summed E-state index contributed by atoms with van der Waals surface area (Å²) >= 11 is 1.61. The molecule has 2 heterocycles. The minimum absolute atomic E-state index is 0.0144. The van der Waals surface area contributed by atoms with E-state index in [-0.39, 0.29) is 11.2 Å². The zero-order valence-corrected chi connectivity index (χ0v) is 14.7. The van der Waals surface area contributed by atoms with Gasteiger partial charge in [-0.2, -0.15) is 15.0 Å². The Morgan fingerprint density at radius 1 is 1.26 bits per heavy atom. The highest BCUT2D eigenvalue weighted by molar-refractivity contribution is 7.99. The molecule has 0 bridgehead atoms. The molecule has 0 amide bonds. The summed E-state index contributed by atoms with van der Waals surface area (Å²) < 4.78 is 2.19.